The summed E-state index contributed by atoms with van der Waals surface area (Å²) in [6, 6.07) is 18.5. The summed E-state index contributed by atoms with van der Waals surface area (Å²) in [5, 5.41) is 11.8. The number of fused-ring (bicyclic) bond motifs is 5. The van der Waals surface area contributed by atoms with Gasteiger partial charge in [-0.05, 0) is 117 Å². The zero-order valence-electron chi connectivity index (χ0n) is 24.1. The summed E-state index contributed by atoms with van der Waals surface area (Å²) in [6.07, 6.45) is 7.33. The number of benzene rings is 2. The standard InChI is InChI=1S/C35H44O5/c1-22(39-32(37)23-10-6-4-7-11-23)28-16-17-29-27-15-14-25-20-26(40-33(38)24-12-8-5-9-13-24)18-19-34(25,2)31(27)30(36)21-35(28,29)3/h4-13,22,25-31,36H,14-21H2,1-3H3/t22-,25-,26+,27-,28+,29-,30-,31+,34-,35+/m0/s1. The molecule has 2 aromatic rings. The number of aliphatic hydroxyl groups is 1. The molecule has 0 unspecified atom stereocenters. The molecule has 0 saturated heterocycles. The SMILES string of the molecule is C[C@H](OC(=O)c1ccccc1)[C@H]1CC[C@H]2[C@@H]3CC[C@H]4C[C@H](OC(=O)c5ccccc5)CC[C@]4(C)[C@H]3[C@@H](O)C[C@]12C. The van der Waals surface area contributed by atoms with E-state index < -0.39 is 0 Å². The molecule has 4 fully saturated rings. The number of carbonyl (C=O) groups is 2. The monoisotopic (exact) mass is 544 g/mol. The van der Waals surface area contributed by atoms with E-state index in [-0.39, 0.29) is 52.9 Å². The smallest absolute Gasteiger partial charge is 0.338 e. The Balaban J connectivity index is 1.14. The molecule has 0 aromatic heterocycles. The van der Waals surface area contributed by atoms with Gasteiger partial charge in [0.2, 0.25) is 0 Å². The highest BCUT2D eigenvalue weighted by Crippen LogP contribution is 2.68. The van der Waals surface area contributed by atoms with Crippen molar-refractivity contribution in [2.24, 2.45) is 40.4 Å². The Hall–Kier alpha value is -2.66. The van der Waals surface area contributed by atoms with Gasteiger partial charge in [-0.3, -0.25) is 0 Å². The van der Waals surface area contributed by atoms with Crippen molar-refractivity contribution < 1.29 is 24.2 Å². The minimum atomic E-state index is -0.361. The summed E-state index contributed by atoms with van der Waals surface area (Å²) < 4.78 is 12.0. The molecule has 2 aromatic carbocycles. The highest BCUT2D eigenvalue weighted by Gasteiger charge is 2.64. The normalized spacial score (nSPS) is 39.2. The van der Waals surface area contributed by atoms with Crippen LogP contribution in [0.5, 0.6) is 0 Å². The molecule has 10 atom stereocenters. The molecule has 0 aliphatic heterocycles. The van der Waals surface area contributed by atoms with E-state index in [0.29, 0.717) is 28.9 Å². The summed E-state index contributed by atoms with van der Waals surface area (Å²) in [7, 11) is 0. The van der Waals surface area contributed by atoms with Crippen LogP contribution in [0.4, 0.5) is 0 Å². The van der Waals surface area contributed by atoms with E-state index >= 15 is 0 Å². The number of carbonyl (C=O) groups excluding carboxylic acids is 2. The Morgan fingerprint density at radius 2 is 1.50 bits per heavy atom. The maximum absolute atomic E-state index is 12.8. The summed E-state index contributed by atoms with van der Waals surface area (Å²) in [5.41, 5.74) is 1.22. The van der Waals surface area contributed by atoms with Crippen LogP contribution in [0.15, 0.2) is 60.7 Å². The van der Waals surface area contributed by atoms with Gasteiger partial charge in [0.05, 0.1) is 17.2 Å². The van der Waals surface area contributed by atoms with Gasteiger partial charge in [-0.25, -0.2) is 9.59 Å². The van der Waals surface area contributed by atoms with E-state index in [1.807, 2.05) is 55.5 Å². The van der Waals surface area contributed by atoms with E-state index in [2.05, 4.69) is 13.8 Å². The molecule has 5 nitrogen and oxygen atoms in total. The minimum absolute atomic E-state index is 0.0391. The molecule has 0 heterocycles. The fourth-order valence-corrected chi connectivity index (χ4v) is 9.95. The molecule has 4 aliphatic rings. The molecule has 40 heavy (non-hydrogen) atoms. The number of aliphatic hydroxyl groups excluding tert-OH is 1. The third-order valence-electron chi connectivity index (χ3n) is 11.8. The number of rotatable bonds is 5. The summed E-state index contributed by atoms with van der Waals surface area (Å²) in [5.74, 6) is 1.52. The van der Waals surface area contributed by atoms with E-state index in [1.54, 1.807) is 12.1 Å². The van der Waals surface area contributed by atoms with Crippen molar-refractivity contribution in [3.05, 3.63) is 71.8 Å². The maximum Gasteiger partial charge on any atom is 0.338 e. The predicted molar refractivity (Wildman–Crippen MR) is 154 cm³/mol. The van der Waals surface area contributed by atoms with Crippen LogP contribution in [0.3, 0.4) is 0 Å². The van der Waals surface area contributed by atoms with Gasteiger partial charge < -0.3 is 14.6 Å². The second kappa shape index (κ2) is 10.6. The van der Waals surface area contributed by atoms with Crippen LogP contribution in [0.2, 0.25) is 0 Å². The van der Waals surface area contributed by atoms with Gasteiger partial charge in [-0.15, -0.1) is 0 Å². The lowest BCUT2D eigenvalue weighted by molar-refractivity contribution is -0.182. The molecule has 0 radical (unpaired) electrons. The average Bonchev–Trinajstić information content (AvgIpc) is 3.30. The maximum atomic E-state index is 12.8. The van der Waals surface area contributed by atoms with E-state index in [4.69, 9.17) is 9.47 Å². The molecule has 0 amide bonds. The van der Waals surface area contributed by atoms with Crippen molar-refractivity contribution in [2.75, 3.05) is 0 Å². The Kier molecular flexibility index (Phi) is 7.31. The number of esters is 2. The largest absolute Gasteiger partial charge is 0.459 e. The fourth-order valence-electron chi connectivity index (χ4n) is 9.95. The molecule has 5 heteroatoms. The molecule has 0 bridgehead atoms. The lowest BCUT2D eigenvalue weighted by Gasteiger charge is -2.62. The first-order valence-corrected chi connectivity index (χ1v) is 15.4. The van der Waals surface area contributed by atoms with Gasteiger partial charge in [-0.2, -0.15) is 0 Å². The van der Waals surface area contributed by atoms with Gasteiger partial charge in [0.15, 0.2) is 0 Å². The van der Waals surface area contributed by atoms with Crippen LogP contribution < -0.4 is 0 Å². The second-order valence-corrected chi connectivity index (χ2v) is 13.7. The molecule has 4 saturated carbocycles. The highest BCUT2D eigenvalue weighted by molar-refractivity contribution is 5.89. The second-order valence-electron chi connectivity index (χ2n) is 13.7. The zero-order chi connectivity index (χ0) is 28.1. The highest BCUT2D eigenvalue weighted by atomic mass is 16.5. The Labute approximate surface area is 238 Å². The van der Waals surface area contributed by atoms with Crippen LogP contribution >= 0.6 is 0 Å². The topological polar surface area (TPSA) is 72.8 Å². The first-order chi connectivity index (χ1) is 19.2. The summed E-state index contributed by atoms with van der Waals surface area (Å²) in [6.45, 7) is 6.82. The van der Waals surface area contributed by atoms with Crippen LogP contribution in [0, 0.1) is 40.4 Å². The van der Waals surface area contributed by atoms with Crippen LogP contribution in [-0.2, 0) is 9.47 Å². The van der Waals surface area contributed by atoms with Gasteiger partial charge in [0.25, 0.3) is 0 Å². The summed E-state index contributed by atoms with van der Waals surface area (Å²) >= 11 is 0. The van der Waals surface area contributed by atoms with Crippen molar-refractivity contribution >= 4 is 11.9 Å². The molecular weight excluding hydrogens is 500 g/mol. The zero-order valence-corrected chi connectivity index (χ0v) is 24.1. The fraction of sp³-hybridized carbons (Fsp3) is 0.600. The van der Waals surface area contributed by atoms with Gasteiger partial charge >= 0.3 is 11.9 Å². The van der Waals surface area contributed by atoms with Gasteiger partial charge in [0.1, 0.15) is 12.2 Å². The summed E-state index contributed by atoms with van der Waals surface area (Å²) in [4.78, 5) is 25.6. The van der Waals surface area contributed by atoms with Gasteiger partial charge in [-0.1, -0.05) is 50.2 Å². The quantitative estimate of drug-likeness (QED) is 0.407. The molecule has 6 rings (SSSR count). The van der Waals surface area contributed by atoms with Crippen LogP contribution in [0.25, 0.3) is 0 Å². The molecule has 0 spiro atoms. The van der Waals surface area contributed by atoms with E-state index in [1.165, 1.54) is 0 Å². The minimum Gasteiger partial charge on any atom is -0.459 e. The first-order valence-electron chi connectivity index (χ1n) is 15.4. The van der Waals surface area contributed by atoms with Crippen molar-refractivity contribution in [1.29, 1.82) is 0 Å². The number of hydrogen-bond acceptors (Lipinski definition) is 5. The Bertz CT molecular complexity index is 1210. The van der Waals surface area contributed by atoms with Crippen molar-refractivity contribution in [3.8, 4) is 0 Å². The molecule has 214 valence electrons. The van der Waals surface area contributed by atoms with E-state index in [9.17, 15) is 14.7 Å². The Morgan fingerprint density at radius 3 is 2.17 bits per heavy atom. The lowest BCUT2D eigenvalue weighted by atomic mass is 9.43. The third-order valence-corrected chi connectivity index (χ3v) is 11.8. The average molecular weight is 545 g/mol. The predicted octanol–water partition coefficient (Wildman–Crippen LogP) is 7.09. The molecule has 1 N–H and O–H groups in total. The molecule has 4 aliphatic carbocycles. The van der Waals surface area contributed by atoms with Gasteiger partial charge in [0, 0.05) is 5.92 Å². The third kappa shape index (κ3) is 4.68. The molecular formula is C35H44O5. The number of ether oxygens (including phenoxy) is 2. The van der Waals surface area contributed by atoms with Crippen molar-refractivity contribution in [2.45, 2.75) is 90.4 Å². The van der Waals surface area contributed by atoms with Crippen molar-refractivity contribution in [1.82, 2.24) is 0 Å². The Morgan fingerprint density at radius 1 is 0.850 bits per heavy atom. The van der Waals surface area contributed by atoms with Crippen LogP contribution in [0.1, 0.15) is 92.9 Å². The number of hydrogen-bond donors (Lipinski definition) is 1. The first kappa shape index (κ1) is 27.5. The van der Waals surface area contributed by atoms with E-state index in [0.717, 1.165) is 51.4 Å². The lowest BCUT2D eigenvalue weighted by Crippen LogP contribution is -2.59. The van der Waals surface area contributed by atoms with Crippen molar-refractivity contribution in [3.63, 3.8) is 0 Å². The van der Waals surface area contributed by atoms with Crippen LogP contribution in [-0.4, -0.2) is 35.4 Å².